The van der Waals surface area contributed by atoms with Gasteiger partial charge in [-0.1, -0.05) is 6.92 Å². The molecule has 0 spiro atoms. The van der Waals surface area contributed by atoms with Gasteiger partial charge in [-0.25, -0.2) is 0 Å². The van der Waals surface area contributed by atoms with Crippen LogP contribution in [-0.2, 0) is 6.54 Å². The van der Waals surface area contributed by atoms with Gasteiger partial charge in [-0.3, -0.25) is 4.68 Å². The van der Waals surface area contributed by atoms with Crippen molar-refractivity contribution < 1.29 is 0 Å². The zero-order chi connectivity index (χ0) is 8.27. The van der Waals surface area contributed by atoms with Crippen LogP contribution in [0.3, 0.4) is 0 Å². The predicted molar refractivity (Wildman–Crippen MR) is 45.2 cm³/mol. The first-order valence-electron chi connectivity index (χ1n) is 3.92. The normalized spacial score (nSPS) is 13.4. The molecule has 0 saturated carbocycles. The molecule has 3 nitrogen and oxygen atoms in total. The molecule has 0 aromatic carbocycles. The Labute approximate surface area is 67.2 Å². The van der Waals surface area contributed by atoms with Gasteiger partial charge in [0.1, 0.15) is 0 Å². The van der Waals surface area contributed by atoms with E-state index in [1.165, 1.54) is 0 Å². The van der Waals surface area contributed by atoms with Crippen molar-refractivity contribution in [3.63, 3.8) is 0 Å². The third-order valence-corrected chi connectivity index (χ3v) is 1.68. The molecule has 0 fully saturated rings. The third kappa shape index (κ3) is 2.35. The minimum Gasteiger partial charge on any atom is -0.330 e. The second kappa shape index (κ2) is 3.53. The maximum Gasteiger partial charge on any atom is 0.0593 e. The van der Waals surface area contributed by atoms with E-state index in [-0.39, 0.29) is 0 Å². The third-order valence-electron chi connectivity index (χ3n) is 1.68. The van der Waals surface area contributed by atoms with E-state index in [1.807, 2.05) is 23.9 Å². The highest BCUT2D eigenvalue weighted by Crippen LogP contribution is 1.98. The molecular weight excluding hydrogens is 138 g/mol. The minimum atomic E-state index is 0.509. The molecule has 1 atom stereocenters. The van der Waals surface area contributed by atoms with E-state index >= 15 is 0 Å². The van der Waals surface area contributed by atoms with Crippen molar-refractivity contribution >= 4 is 0 Å². The smallest absolute Gasteiger partial charge is 0.0593 e. The monoisotopic (exact) mass is 153 g/mol. The number of nitrogens with two attached hydrogens (primary N) is 1. The average molecular weight is 153 g/mol. The zero-order valence-electron chi connectivity index (χ0n) is 7.12. The predicted octanol–water partition coefficient (Wildman–Crippen LogP) is 0.786. The van der Waals surface area contributed by atoms with Gasteiger partial charge < -0.3 is 5.73 Å². The van der Waals surface area contributed by atoms with Crippen molar-refractivity contribution in [2.75, 3.05) is 6.54 Å². The van der Waals surface area contributed by atoms with Crippen LogP contribution in [0.5, 0.6) is 0 Å². The van der Waals surface area contributed by atoms with Crippen molar-refractivity contribution in [3.8, 4) is 0 Å². The molecule has 0 saturated heterocycles. The lowest BCUT2D eigenvalue weighted by atomic mass is 10.2. The summed E-state index contributed by atoms with van der Waals surface area (Å²) in [5.41, 5.74) is 6.55. The Morgan fingerprint density at radius 2 is 2.45 bits per heavy atom. The van der Waals surface area contributed by atoms with E-state index in [0.717, 1.165) is 18.8 Å². The van der Waals surface area contributed by atoms with Gasteiger partial charge in [0.2, 0.25) is 0 Å². The second-order valence-corrected chi connectivity index (χ2v) is 3.02. The van der Waals surface area contributed by atoms with Gasteiger partial charge in [0.15, 0.2) is 0 Å². The molecule has 3 heteroatoms. The molecule has 0 radical (unpaired) electrons. The topological polar surface area (TPSA) is 43.8 Å². The molecule has 0 aliphatic carbocycles. The summed E-state index contributed by atoms with van der Waals surface area (Å²) in [5.74, 6) is 0.509. The Balaban J connectivity index is 2.50. The van der Waals surface area contributed by atoms with Gasteiger partial charge in [0, 0.05) is 12.7 Å². The fraction of sp³-hybridized carbons (Fsp3) is 0.625. The van der Waals surface area contributed by atoms with Gasteiger partial charge in [0.25, 0.3) is 0 Å². The average Bonchev–Trinajstić information content (AvgIpc) is 2.35. The molecule has 0 bridgehead atoms. The van der Waals surface area contributed by atoms with Crippen molar-refractivity contribution in [1.82, 2.24) is 9.78 Å². The number of aromatic nitrogens is 2. The maximum atomic E-state index is 5.49. The summed E-state index contributed by atoms with van der Waals surface area (Å²) < 4.78 is 1.94. The molecule has 11 heavy (non-hydrogen) atoms. The van der Waals surface area contributed by atoms with E-state index in [9.17, 15) is 0 Å². The number of hydrogen-bond donors (Lipinski definition) is 1. The van der Waals surface area contributed by atoms with Gasteiger partial charge in [0.05, 0.1) is 5.69 Å². The molecule has 1 heterocycles. The molecule has 0 aliphatic rings. The van der Waals surface area contributed by atoms with Crippen LogP contribution in [0.1, 0.15) is 12.6 Å². The molecule has 62 valence electrons. The quantitative estimate of drug-likeness (QED) is 0.697. The van der Waals surface area contributed by atoms with Crippen LogP contribution in [0, 0.1) is 12.8 Å². The first-order chi connectivity index (χ1) is 5.22. The lowest BCUT2D eigenvalue weighted by molar-refractivity contribution is 0.457. The summed E-state index contributed by atoms with van der Waals surface area (Å²) in [5, 5.41) is 4.26. The minimum absolute atomic E-state index is 0.509. The maximum absolute atomic E-state index is 5.49. The Kier molecular flexibility index (Phi) is 2.65. The summed E-state index contributed by atoms with van der Waals surface area (Å²) in [6.07, 6.45) is 1.99. The summed E-state index contributed by atoms with van der Waals surface area (Å²) in [7, 11) is 0. The molecule has 0 amide bonds. The molecular formula is C8H15N3. The van der Waals surface area contributed by atoms with Crippen molar-refractivity contribution in [2.45, 2.75) is 20.4 Å². The summed E-state index contributed by atoms with van der Waals surface area (Å²) in [6, 6.07) is 2.00. The molecule has 1 unspecified atom stereocenters. The van der Waals surface area contributed by atoms with Crippen LogP contribution in [0.4, 0.5) is 0 Å². The number of aryl methyl sites for hydroxylation is 1. The molecule has 2 N–H and O–H groups in total. The molecule has 0 aliphatic heterocycles. The molecule has 1 aromatic heterocycles. The van der Waals surface area contributed by atoms with Crippen molar-refractivity contribution in [3.05, 3.63) is 18.0 Å². The fourth-order valence-corrected chi connectivity index (χ4v) is 0.959. The van der Waals surface area contributed by atoms with Crippen molar-refractivity contribution in [2.24, 2.45) is 11.7 Å². The number of nitrogens with zero attached hydrogens (tertiary/aromatic N) is 2. The van der Waals surface area contributed by atoms with Gasteiger partial charge in [-0.05, 0) is 25.5 Å². The lowest BCUT2D eigenvalue weighted by Crippen LogP contribution is -2.17. The Hall–Kier alpha value is -0.830. The van der Waals surface area contributed by atoms with Crippen LogP contribution >= 0.6 is 0 Å². The van der Waals surface area contributed by atoms with Gasteiger partial charge in [-0.2, -0.15) is 5.10 Å². The summed E-state index contributed by atoms with van der Waals surface area (Å²) in [4.78, 5) is 0. The SMILES string of the molecule is Cc1ccn(CC(C)CN)n1. The van der Waals surface area contributed by atoms with Crippen LogP contribution < -0.4 is 5.73 Å². The number of rotatable bonds is 3. The highest BCUT2D eigenvalue weighted by molar-refractivity contribution is 4.94. The second-order valence-electron chi connectivity index (χ2n) is 3.02. The molecule has 1 aromatic rings. The summed E-state index contributed by atoms with van der Waals surface area (Å²) >= 11 is 0. The van der Waals surface area contributed by atoms with Crippen molar-refractivity contribution in [1.29, 1.82) is 0 Å². The largest absolute Gasteiger partial charge is 0.330 e. The van der Waals surface area contributed by atoms with E-state index in [4.69, 9.17) is 5.73 Å². The fourth-order valence-electron chi connectivity index (χ4n) is 0.959. The Bertz CT molecular complexity index is 217. The lowest BCUT2D eigenvalue weighted by Gasteiger charge is -2.07. The van der Waals surface area contributed by atoms with Gasteiger partial charge in [-0.15, -0.1) is 0 Å². The first-order valence-corrected chi connectivity index (χ1v) is 3.92. The standard InChI is InChI=1S/C8H15N3/c1-7(5-9)6-11-4-3-8(2)10-11/h3-4,7H,5-6,9H2,1-2H3. The highest BCUT2D eigenvalue weighted by atomic mass is 15.3. The van der Waals surface area contributed by atoms with E-state index in [0.29, 0.717) is 5.92 Å². The van der Waals surface area contributed by atoms with E-state index in [2.05, 4.69) is 12.0 Å². The Morgan fingerprint density at radius 3 is 2.91 bits per heavy atom. The summed E-state index contributed by atoms with van der Waals surface area (Å²) in [6.45, 7) is 5.75. The van der Waals surface area contributed by atoms with Crippen LogP contribution in [0.15, 0.2) is 12.3 Å². The van der Waals surface area contributed by atoms with Crippen LogP contribution in [0.2, 0.25) is 0 Å². The van der Waals surface area contributed by atoms with E-state index in [1.54, 1.807) is 0 Å². The first kappa shape index (κ1) is 8.27. The Morgan fingerprint density at radius 1 is 1.73 bits per heavy atom. The van der Waals surface area contributed by atoms with Crippen LogP contribution in [0.25, 0.3) is 0 Å². The molecule has 1 rings (SSSR count). The van der Waals surface area contributed by atoms with Gasteiger partial charge >= 0.3 is 0 Å². The van der Waals surface area contributed by atoms with E-state index < -0.39 is 0 Å². The van der Waals surface area contributed by atoms with Crippen LogP contribution in [-0.4, -0.2) is 16.3 Å². The number of hydrogen-bond acceptors (Lipinski definition) is 2. The highest BCUT2D eigenvalue weighted by Gasteiger charge is 2.00. The zero-order valence-corrected chi connectivity index (χ0v) is 7.12.